The van der Waals surface area contributed by atoms with Crippen molar-refractivity contribution in [1.29, 1.82) is 0 Å². The molecule has 4 aromatic rings. The van der Waals surface area contributed by atoms with Gasteiger partial charge in [-0.25, -0.2) is 9.97 Å². The first-order valence-corrected chi connectivity index (χ1v) is 10.5. The highest BCUT2D eigenvalue weighted by Crippen LogP contribution is 2.39. The largest absolute Gasteiger partial charge is 0.354 e. The number of thiophene rings is 1. The van der Waals surface area contributed by atoms with E-state index in [1.54, 1.807) is 17.7 Å². The molecule has 0 saturated carbocycles. The van der Waals surface area contributed by atoms with Crippen LogP contribution in [-0.4, -0.2) is 29.0 Å². The van der Waals surface area contributed by atoms with E-state index >= 15 is 0 Å². The molecule has 1 N–H and O–H groups in total. The molecule has 0 radical (unpaired) electrons. The molecule has 2 aromatic carbocycles. The highest BCUT2D eigenvalue weighted by Gasteiger charge is 2.29. The third kappa shape index (κ3) is 3.47. The smallest absolute Gasteiger partial charge is 0.222 e. The number of fused-ring (bicyclic) bond motifs is 1. The van der Waals surface area contributed by atoms with E-state index in [2.05, 4.69) is 50.5 Å². The van der Waals surface area contributed by atoms with Gasteiger partial charge in [0.25, 0.3) is 0 Å². The number of amides is 1. The first kappa shape index (κ1) is 17.8. The molecule has 0 spiro atoms. The normalized spacial score (nSPS) is 17.2. The quantitative estimate of drug-likeness (QED) is 0.553. The molecule has 1 aliphatic rings. The Morgan fingerprint density at radius 3 is 2.55 bits per heavy atom. The fraction of sp³-hybridized carbons (Fsp3) is 0.174. The Labute approximate surface area is 173 Å². The highest BCUT2D eigenvalue weighted by molar-refractivity contribution is 7.21. The second kappa shape index (κ2) is 7.64. The molecule has 1 saturated heterocycles. The minimum Gasteiger partial charge on any atom is -0.354 e. The summed E-state index contributed by atoms with van der Waals surface area (Å²) < 4.78 is 0. The number of rotatable bonds is 3. The molecule has 0 bridgehead atoms. The molecular formula is C23H20N4OS. The molecule has 5 rings (SSSR count). The first-order valence-electron chi connectivity index (χ1n) is 9.68. The van der Waals surface area contributed by atoms with Crippen LogP contribution in [0.5, 0.6) is 0 Å². The number of nitrogens with one attached hydrogen (secondary N) is 1. The Morgan fingerprint density at radius 2 is 1.76 bits per heavy atom. The van der Waals surface area contributed by atoms with E-state index in [1.807, 2.05) is 36.4 Å². The van der Waals surface area contributed by atoms with Crippen LogP contribution in [0, 0.1) is 0 Å². The molecule has 29 heavy (non-hydrogen) atoms. The first-order chi connectivity index (χ1) is 14.3. The molecule has 1 aliphatic heterocycles. The van der Waals surface area contributed by atoms with Crippen molar-refractivity contribution in [2.75, 3.05) is 18.0 Å². The molecular weight excluding hydrogens is 380 g/mol. The Bertz CT molecular complexity index is 1140. The van der Waals surface area contributed by atoms with Gasteiger partial charge in [0, 0.05) is 18.0 Å². The molecule has 5 nitrogen and oxygen atoms in total. The zero-order chi connectivity index (χ0) is 19.6. The van der Waals surface area contributed by atoms with Gasteiger partial charge in [0.15, 0.2) is 0 Å². The lowest BCUT2D eigenvalue weighted by Gasteiger charge is -2.30. The van der Waals surface area contributed by atoms with Gasteiger partial charge in [0.1, 0.15) is 17.0 Å². The molecule has 0 unspecified atom stereocenters. The van der Waals surface area contributed by atoms with Gasteiger partial charge in [-0.1, -0.05) is 60.7 Å². The van der Waals surface area contributed by atoms with Crippen molar-refractivity contribution in [2.24, 2.45) is 0 Å². The Hall–Kier alpha value is -3.25. The molecule has 2 aromatic heterocycles. The zero-order valence-electron chi connectivity index (χ0n) is 15.8. The Morgan fingerprint density at radius 1 is 1.00 bits per heavy atom. The van der Waals surface area contributed by atoms with E-state index in [1.165, 1.54) is 10.4 Å². The summed E-state index contributed by atoms with van der Waals surface area (Å²) >= 11 is 1.67. The van der Waals surface area contributed by atoms with Gasteiger partial charge in [0.05, 0.1) is 17.8 Å². The van der Waals surface area contributed by atoms with Crippen molar-refractivity contribution in [3.8, 4) is 10.4 Å². The minimum absolute atomic E-state index is 0.0584. The highest BCUT2D eigenvalue weighted by atomic mass is 32.1. The number of anilines is 1. The molecule has 144 valence electrons. The molecule has 3 heterocycles. The molecule has 1 atom stereocenters. The van der Waals surface area contributed by atoms with Crippen LogP contribution in [0.1, 0.15) is 18.0 Å². The van der Waals surface area contributed by atoms with Gasteiger partial charge < -0.3 is 10.2 Å². The third-order valence-electron chi connectivity index (χ3n) is 5.25. The van der Waals surface area contributed by atoms with Crippen molar-refractivity contribution in [1.82, 2.24) is 15.3 Å². The van der Waals surface area contributed by atoms with Gasteiger partial charge >= 0.3 is 0 Å². The lowest BCUT2D eigenvalue weighted by molar-refractivity contribution is -0.121. The number of benzene rings is 2. The Kier molecular flexibility index (Phi) is 4.69. The van der Waals surface area contributed by atoms with Crippen molar-refractivity contribution >= 4 is 33.3 Å². The second-order valence-corrected chi connectivity index (χ2v) is 8.10. The van der Waals surface area contributed by atoms with Crippen molar-refractivity contribution in [3.05, 3.63) is 78.6 Å². The third-order valence-corrected chi connectivity index (χ3v) is 6.35. The fourth-order valence-corrected chi connectivity index (χ4v) is 4.87. The summed E-state index contributed by atoms with van der Waals surface area (Å²) in [7, 11) is 0. The minimum atomic E-state index is -0.0584. The number of carbonyl (C=O) groups excluding carboxylic acids is 1. The summed E-state index contributed by atoms with van der Waals surface area (Å²) in [6.45, 7) is 1.30. The van der Waals surface area contributed by atoms with E-state index in [9.17, 15) is 4.79 Å². The fourth-order valence-electron chi connectivity index (χ4n) is 3.87. The number of aromatic nitrogens is 2. The predicted octanol–water partition coefficient (Wildman–Crippen LogP) is 4.43. The second-order valence-electron chi connectivity index (χ2n) is 7.07. The van der Waals surface area contributed by atoms with E-state index < -0.39 is 0 Å². The predicted molar refractivity (Wildman–Crippen MR) is 117 cm³/mol. The van der Waals surface area contributed by atoms with Crippen molar-refractivity contribution < 1.29 is 4.79 Å². The topological polar surface area (TPSA) is 58.1 Å². The zero-order valence-corrected chi connectivity index (χ0v) is 16.6. The summed E-state index contributed by atoms with van der Waals surface area (Å²) in [5.74, 6) is 0.959. The number of hydrogen-bond acceptors (Lipinski definition) is 5. The van der Waals surface area contributed by atoms with E-state index in [0.717, 1.165) is 21.6 Å². The Balaban J connectivity index is 1.62. The van der Waals surface area contributed by atoms with Crippen LogP contribution < -0.4 is 10.2 Å². The van der Waals surface area contributed by atoms with E-state index in [4.69, 9.17) is 0 Å². The summed E-state index contributed by atoms with van der Waals surface area (Å²) in [5, 5.41) is 4.04. The van der Waals surface area contributed by atoms with Gasteiger partial charge in [-0.3, -0.25) is 4.79 Å². The summed E-state index contributed by atoms with van der Waals surface area (Å²) in [4.78, 5) is 25.9. The number of carbonyl (C=O) groups is 1. The van der Waals surface area contributed by atoms with Gasteiger partial charge in [-0.05, 0) is 17.2 Å². The van der Waals surface area contributed by atoms with Crippen molar-refractivity contribution in [3.63, 3.8) is 0 Å². The number of nitrogens with zero attached hydrogens (tertiary/aromatic N) is 3. The van der Waals surface area contributed by atoms with Crippen LogP contribution >= 0.6 is 11.3 Å². The standard InChI is InChI=1S/C23H20N4OS/c28-21-14-19(16-7-3-1-4-8-16)27(12-11-24-21)22-18-13-20(17-9-5-2-6-10-17)29-23(18)26-15-25-22/h1-10,13,15,19H,11-12,14H2,(H,24,28)/t19-/m1/s1. The average molecular weight is 401 g/mol. The number of hydrogen-bond donors (Lipinski definition) is 1. The van der Waals surface area contributed by atoms with Crippen LogP contribution in [-0.2, 0) is 4.79 Å². The van der Waals surface area contributed by atoms with Crippen molar-refractivity contribution in [2.45, 2.75) is 12.5 Å². The van der Waals surface area contributed by atoms with E-state index in [-0.39, 0.29) is 11.9 Å². The van der Waals surface area contributed by atoms with Gasteiger partial charge in [-0.2, -0.15) is 0 Å². The molecule has 1 fully saturated rings. The van der Waals surface area contributed by atoms with Crippen LogP contribution in [0.25, 0.3) is 20.7 Å². The van der Waals surface area contributed by atoms with Gasteiger partial charge in [0.2, 0.25) is 5.91 Å². The molecule has 0 aliphatic carbocycles. The maximum atomic E-state index is 12.3. The summed E-state index contributed by atoms with van der Waals surface area (Å²) in [6.07, 6.45) is 2.04. The van der Waals surface area contributed by atoms with E-state index in [0.29, 0.717) is 19.5 Å². The van der Waals surface area contributed by atoms with Crippen LogP contribution in [0.4, 0.5) is 5.82 Å². The summed E-state index contributed by atoms with van der Waals surface area (Å²) in [5.41, 5.74) is 2.29. The maximum absolute atomic E-state index is 12.3. The lowest BCUT2D eigenvalue weighted by Crippen LogP contribution is -2.31. The molecule has 6 heteroatoms. The maximum Gasteiger partial charge on any atom is 0.222 e. The summed E-state index contributed by atoms with van der Waals surface area (Å²) in [6, 6.07) is 22.6. The lowest BCUT2D eigenvalue weighted by atomic mass is 10.0. The van der Waals surface area contributed by atoms with Crippen LogP contribution in [0.15, 0.2) is 73.1 Å². The average Bonchev–Trinajstić information content (AvgIpc) is 3.12. The molecule has 1 amide bonds. The van der Waals surface area contributed by atoms with Crippen LogP contribution in [0.3, 0.4) is 0 Å². The van der Waals surface area contributed by atoms with Gasteiger partial charge in [-0.15, -0.1) is 11.3 Å². The monoisotopic (exact) mass is 400 g/mol. The van der Waals surface area contributed by atoms with Crippen LogP contribution in [0.2, 0.25) is 0 Å². The SMILES string of the molecule is O=C1C[C@H](c2ccccc2)N(c2ncnc3sc(-c4ccccc4)cc23)CCN1.